The maximum absolute atomic E-state index is 4.98. The van der Waals surface area contributed by atoms with E-state index in [0.717, 1.165) is 28.6 Å². The number of ether oxygens (including phenoxy) is 1. The minimum absolute atomic E-state index is 0.719. The number of methoxy groups -OCH3 is 1. The third-order valence-electron chi connectivity index (χ3n) is 2.13. The molecule has 4 nitrogen and oxygen atoms in total. The highest BCUT2D eigenvalue weighted by Gasteiger charge is 2.01. The SMILES string of the molecule is COCCSc1ccc(-c2cccnc2)nn1. The van der Waals surface area contributed by atoms with Gasteiger partial charge in [0, 0.05) is 30.8 Å². The topological polar surface area (TPSA) is 47.9 Å². The van der Waals surface area contributed by atoms with Crippen molar-refractivity contribution in [3.05, 3.63) is 36.7 Å². The maximum atomic E-state index is 4.98. The zero-order valence-corrected chi connectivity index (χ0v) is 10.4. The van der Waals surface area contributed by atoms with E-state index in [0.29, 0.717) is 0 Å². The third kappa shape index (κ3) is 3.51. The molecular formula is C12H13N3OS. The fourth-order valence-electron chi connectivity index (χ4n) is 1.29. The van der Waals surface area contributed by atoms with E-state index in [4.69, 9.17) is 4.74 Å². The predicted octanol–water partition coefficient (Wildman–Crippen LogP) is 2.28. The molecule has 0 spiro atoms. The lowest BCUT2D eigenvalue weighted by molar-refractivity contribution is 0.218. The molecule has 0 aliphatic carbocycles. The first-order chi connectivity index (χ1) is 8.40. The molecule has 2 aromatic heterocycles. The van der Waals surface area contributed by atoms with Crippen LogP contribution in [0.15, 0.2) is 41.7 Å². The standard InChI is InChI=1S/C12H13N3OS/c1-16-7-8-17-12-5-4-11(14-15-12)10-3-2-6-13-9-10/h2-6,9H,7-8H2,1H3. The molecule has 0 bridgehead atoms. The number of rotatable bonds is 5. The summed E-state index contributed by atoms with van der Waals surface area (Å²) in [5.74, 6) is 0.886. The molecule has 0 unspecified atom stereocenters. The number of hydrogen-bond acceptors (Lipinski definition) is 5. The Labute approximate surface area is 104 Å². The van der Waals surface area contributed by atoms with Crippen molar-refractivity contribution in [1.82, 2.24) is 15.2 Å². The van der Waals surface area contributed by atoms with Crippen LogP contribution in [0.2, 0.25) is 0 Å². The lowest BCUT2D eigenvalue weighted by Crippen LogP contribution is -1.94. The van der Waals surface area contributed by atoms with Gasteiger partial charge in [0.05, 0.1) is 12.3 Å². The summed E-state index contributed by atoms with van der Waals surface area (Å²) >= 11 is 1.63. The van der Waals surface area contributed by atoms with Crippen molar-refractivity contribution in [2.75, 3.05) is 19.5 Å². The molecule has 88 valence electrons. The molecule has 0 radical (unpaired) electrons. The Hall–Kier alpha value is -1.46. The van der Waals surface area contributed by atoms with Gasteiger partial charge in [-0.15, -0.1) is 22.0 Å². The molecule has 0 aliphatic heterocycles. The Kier molecular flexibility index (Phi) is 4.46. The van der Waals surface area contributed by atoms with Crippen molar-refractivity contribution >= 4 is 11.8 Å². The zero-order chi connectivity index (χ0) is 11.9. The van der Waals surface area contributed by atoms with Crippen molar-refractivity contribution in [1.29, 1.82) is 0 Å². The summed E-state index contributed by atoms with van der Waals surface area (Å²) in [6, 6.07) is 7.78. The van der Waals surface area contributed by atoms with E-state index >= 15 is 0 Å². The van der Waals surface area contributed by atoms with E-state index in [1.807, 2.05) is 24.3 Å². The van der Waals surface area contributed by atoms with Gasteiger partial charge in [-0.25, -0.2) is 0 Å². The largest absolute Gasteiger partial charge is 0.384 e. The number of pyridine rings is 1. The molecule has 0 fully saturated rings. The van der Waals surface area contributed by atoms with Gasteiger partial charge in [-0.1, -0.05) is 0 Å². The van der Waals surface area contributed by atoms with Crippen LogP contribution in [0.4, 0.5) is 0 Å². The summed E-state index contributed by atoms with van der Waals surface area (Å²) in [4.78, 5) is 4.05. The predicted molar refractivity (Wildman–Crippen MR) is 67.9 cm³/mol. The van der Waals surface area contributed by atoms with Crippen LogP contribution in [0.5, 0.6) is 0 Å². The molecule has 17 heavy (non-hydrogen) atoms. The highest BCUT2D eigenvalue weighted by Crippen LogP contribution is 2.18. The summed E-state index contributed by atoms with van der Waals surface area (Å²) in [5, 5.41) is 9.24. The van der Waals surface area contributed by atoms with Gasteiger partial charge in [0.1, 0.15) is 5.03 Å². The smallest absolute Gasteiger partial charge is 0.119 e. The summed E-state index contributed by atoms with van der Waals surface area (Å²) in [6.07, 6.45) is 3.52. The normalized spacial score (nSPS) is 10.4. The van der Waals surface area contributed by atoms with Crippen LogP contribution in [-0.4, -0.2) is 34.7 Å². The van der Waals surface area contributed by atoms with Crippen LogP contribution >= 0.6 is 11.8 Å². The fraction of sp³-hybridized carbons (Fsp3) is 0.250. The summed E-state index contributed by atoms with van der Waals surface area (Å²) in [7, 11) is 1.69. The average molecular weight is 247 g/mol. The number of nitrogens with zero attached hydrogens (tertiary/aromatic N) is 3. The highest BCUT2D eigenvalue weighted by molar-refractivity contribution is 7.99. The summed E-state index contributed by atoms with van der Waals surface area (Å²) in [6.45, 7) is 0.719. The second-order valence-electron chi connectivity index (χ2n) is 3.34. The second-order valence-corrected chi connectivity index (χ2v) is 4.45. The molecule has 0 N–H and O–H groups in total. The van der Waals surface area contributed by atoms with Crippen molar-refractivity contribution in [3.63, 3.8) is 0 Å². The zero-order valence-electron chi connectivity index (χ0n) is 9.54. The Balaban J connectivity index is 2.03. The maximum Gasteiger partial charge on any atom is 0.119 e. The number of hydrogen-bond donors (Lipinski definition) is 0. The van der Waals surface area contributed by atoms with Gasteiger partial charge in [0.15, 0.2) is 0 Å². The monoisotopic (exact) mass is 247 g/mol. The first kappa shape index (κ1) is 12.0. The van der Waals surface area contributed by atoms with E-state index < -0.39 is 0 Å². The Morgan fingerprint density at radius 3 is 2.82 bits per heavy atom. The fourth-order valence-corrected chi connectivity index (χ4v) is 2.02. The van der Waals surface area contributed by atoms with Gasteiger partial charge in [0.25, 0.3) is 0 Å². The van der Waals surface area contributed by atoms with Crippen LogP contribution in [0.25, 0.3) is 11.3 Å². The molecule has 0 saturated heterocycles. The number of thioether (sulfide) groups is 1. The van der Waals surface area contributed by atoms with Crippen molar-refractivity contribution in [2.45, 2.75) is 5.03 Å². The second kappa shape index (κ2) is 6.32. The molecular weight excluding hydrogens is 234 g/mol. The number of aromatic nitrogens is 3. The highest BCUT2D eigenvalue weighted by atomic mass is 32.2. The molecule has 0 saturated carbocycles. The van der Waals surface area contributed by atoms with Crippen molar-refractivity contribution in [3.8, 4) is 11.3 Å². The molecule has 0 aromatic carbocycles. The van der Waals surface area contributed by atoms with Gasteiger partial charge in [-0.3, -0.25) is 4.98 Å². The minimum Gasteiger partial charge on any atom is -0.384 e. The lowest BCUT2D eigenvalue weighted by atomic mass is 10.2. The Bertz CT molecular complexity index is 447. The van der Waals surface area contributed by atoms with E-state index in [1.165, 1.54) is 0 Å². The molecule has 0 atom stereocenters. The molecule has 2 aromatic rings. The van der Waals surface area contributed by atoms with E-state index in [-0.39, 0.29) is 0 Å². The van der Waals surface area contributed by atoms with Crippen molar-refractivity contribution < 1.29 is 4.74 Å². The molecule has 5 heteroatoms. The Morgan fingerprint density at radius 1 is 1.24 bits per heavy atom. The van der Waals surface area contributed by atoms with Gasteiger partial charge in [-0.2, -0.15) is 0 Å². The van der Waals surface area contributed by atoms with Crippen molar-refractivity contribution in [2.24, 2.45) is 0 Å². The van der Waals surface area contributed by atoms with Gasteiger partial charge in [0.2, 0.25) is 0 Å². The lowest BCUT2D eigenvalue weighted by Gasteiger charge is -2.01. The van der Waals surface area contributed by atoms with Crippen LogP contribution < -0.4 is 0 Å². The first-order valence-electron chi connectivity index (χ1n) is 5.26. The Morgan fingerprint density at radius 2 is 2.18 bits per heavy atom. The van der Waals surface area contributed by atoms with Crippen LogP contribution in [0.3, 0.4) is 0 Å². The van der Waals surface area contributed by atoms with Gasteiger partial charge >= 0.3 is 0 Å². The van der Waals surface area contributed by atoms with E-state index in [9.17, 15) is 0 Å². The summed E-state index contributed by atoms with van der Waals surface area (Å²) < 4.78 is 4.98. The van der Waals surface area contributed by atoms with Gasteiger partial charge < -0.3 is 4.74 Å². The molecule has 2 rings (SSSR count). The average Bonchev–Trinajstić information content (AvgIpc) is 2.41. The summed E-state index contributed by atoms with van der Waals surface area (Å²) in [5.41, 5.74) is 1.82. The van der Waals surface area contributed by atoms with E-state index in [2.05, 4.69) is 15.2 Å². The minimum atomic E-state index is 0.719. The quantitative estimate of drug-likeness (QED) is 0.599. The molecule has 2 heterocycles. The third-order valence-corrected chi connectivity index (χ3v) is 3.02. The first-order valence-corrected chi connectivity index (χ1v) is 6.24. The van der Waals surface area contributed by atoms with Crippen LogP contribution in [0, 0.1) is 0 Å². The molecule has 0 amide bonds. The molecule has 0 aliphatic rings. The van der Waals surface area contributed by atoms with Crippen LogP contribution in [-0.2, 0) is 4.74 Å². The van der Waals surface area contributed by atoms with Gasteiger partial charge in [-0.05, 0) is 24.3 Å². The van der Waals surface area contributed by atoms with Crippen LogP contribution in [0.1, 0.15) is 0 Å². The van der Waals surface area contributed by atoms with E-state index in [1.54, 1.807) is 31.3 Å².